The van der Waals surface area contributed by atoms with Crippen LogP contribution in [0.2, 0.25) is 0 Å². The average molecular weight is 293 g/mol. The molecule has 1 saturated heterocycles. The minimum absolute atomic E-state index is 0.0110. The number of rotatable bonds is 6. The predicted molar refractivity (Wildman–Crippen MR) is 79.1 cm³/mol. The Bertz CT molecular complexity index is 474. The van der Waals surface area contributed by atoms with Crippen LogP contribution in [0.25, 0.3) is 0 Å². The fraction of sp³-hybridized carbons (Fsp3) is 0.562. The molecule has 1 aromatic rings. The van der Waals surface area contributed by atoms with Crippen LogP contribution in [-0.4, -0.2) is 49.4 Å². The fourth-order valence-corrected chi connectivity index (χ4v) is 2.76. The van der Waals surface area contributed by atoms with E-state index in [2.05, 4.69) is 0 Å². The number of methoxy groups -OCH3 is 2. The summed E-state index contributed by atoms with van der Waals surface area (Å²) >= 11 is 0. The quantitative estimate of drug-likeness (QED) is 0.866. The van der Waals surface area contributed by atoms with E-state index in [1.165, 1.54) is 0 Å². The SMILES string of the molecule is COCC(O)C1CC(=O)N([C@@H](C)c2ccc(OC)cc2)C1. The third kappa shape index (κ3) is 3.54. The van der Waals surface area contributed by atoms with Crippen molar-refractivity contribution >= 4 is 5.91 Å². The number of aliphatic hydroxyl groups is 1. The van der Waals surface area contributed by atoms with Gasteiger partial charge in [-0.1, -0.05) is 12.1 Å². The third-order valence-corrected chi connectivity index (χ3v) is 4.14. The molecule has 2 rings (SSSR count). The normalized spacial score (nSPS) is 21.4. The van der Waals surface area contributed by atoms with Crippen molar-refractivity contribution in [2.75, 3.05) is 27.4 Å². The Morgan fingerprint density at radius 2 is 2.00 bits per heavy atom. The summed E-state index contributed by atoms with van der Waals surface area (Å²) in [5.74, 6) is 0.823. The van der Waals surface area contributed by atoms with Gasteiger partial charge in [-0.15, -0.1) is 0 Å². The molecule has 0 aromatic heterocycles. The highest BCUT2D eigenvalue weighted by molar-refractivity contribution is 5.79. The van der Waals surface area contributed by atoms with Crippen molar-refractivity contribution in [2.45, 2.75) is 25.5 Å². The lowest BCUT2D eigenvalue weighted by Crippen LogP contribution is -2.31. The standard InChI is InChI=1S/C16H23NO4/c1-11(12-4-6-14(21-3)7-5-12)17-9-13(8-16(17)19)15(18)10-20-2/h4-7,11,13,15,18H,8-10H2,1-3H3/t11-,13?,15?/m0/s1. The average Bonchev–Trinajstić information content (AvgIpc) is 2.89. The number of nitrogens with zero attached hydrogens (tertiary/aromatic N) is 1. The number of ether oxygens (including phenoxy) is 2. The van der Waals surface area contributed by atoms with Crippen LogP contribution in [0.4, 0.5) is 0 Å². The second-order valence-corrected chi connectivity index (χ2v) is 5.48. The van der Waals surface area contributed by atoms with E-state index in [-0.39, 0.29) is 24.5 Å². The van der Waals surface area contributed by atoms with Crippen molar-refractivity contribution in [2.24, 2.45) is 5.92 Å². The van der Waals surface area contributed by atoms with E-state index in [0.717, 1.165) is 11.3 Å². The molecule has 1 N–H and O–H groups in total. The summed E-state index contributed by atoms with van der Waals surface area (Å²) in [7, 11) is 3.18. The molecule has 5 nitrogen and oxygen atoms in total. The Kier molecular flexibility index (Phi) is 5.20. The Morgan fingerprint density at radius 1 is 1.33 bits per heavy atom. The Hall–Kier alpha value is -1.59. The van der Waals surface area contributed by atoms with Crippen LogP contribution in [0.3, 0.4) is 0 Å². The molecule has 0 radical (unpaired) electrons. The van der Waals surface area contributed by atoms with Crippen LogP contribution in [0, 0.1) is 5.92 Å². The van der Waals surface area contributed by atoms with E-state index < -0.39 is 6.10 Å². The summed E-state index contributed by atoms with van der Waals surface area (Å²) < 4.78 is 10.1. The zero-order chi connectivity index (χ0) is 15.4. The van der Waals surface area contributed by atoms with Gasteiger partial charge < -0.3 is 19.5 Å². The van der Waals surface area contributed by atoms with Gasteiger partial charge in [0.05, 0.1) is 25.9 Å². The molecule has 0 spiro atoms. The van der Waals surface area contributed by atoms with Crippen LogP contribution >= 0.6 is 0 Å². The first-order valence-electron chi connectivity index (χ1n) is 7.17. The van der Waals surface area contributed by atoms with Crippen LogP contribution in [0.15, 0.2) is 24.3 Å². The van der Waals surface area contributed by atoms with Crippen molar-refractivity contribution in [3.8, 4) is 5.75 Å². The van der Waals surface area contributed by atoms with Crippen LogP contribution in [-0.2, 0) is 9.53 Å². The van der Waals surface area contributed by atoms with Gasteiger partial charge in [0.25, 0.3) is 0 Å². The second kappa shape index (κ2) is 6.91. The second-order valence-electron chi connectivity index (χ2n) is 5.48. The van der Waals surface area contributed by atoms with E-state index in [4.69, 9.17) is 9.47 Å². The number of likely N-dealkylation sites (tertiary alicyclic amines) is 1. The summed E-state index contributed by atoms with van der Waals surface area (Å²) in [6, 6.07) is 7.71. The number of carbonyl (C=O) groups is 1. The van der Waals surface area contributed by atoms with Crippen molar-refractivity contribution in [1.29, 1.82) is 0 Å². The molecule has 5 heteroatoms. The molecule has 0 bridgehead atoms. The van der Waals surface area contributed by atoms with Crippen molar-refractivity contribution in [3.05, 3.63) is 29.8 Å². The summed E-state index contributed by atoms with van der Waals surface area (Å²) in [4.78, 5) is 14.0. The molecule has 0 aliphatic carbocycles. The van der Waals surface area contributed by atoms with E-state index in [9.17, 15) is 9.90 Å². The number of carbonyl (C=O) groups excluding carboxylic acids is 1. The van der Waals surface area contributed by atoms with Gasteiger partial charge >= 0.3 is 0 Å². The van der Waals surface area contributed by atoms with E-state index >= 15 is 0 Å². The Balaban J connectivity index is 2.04. The summed E-state index contributed by atoms with van der Waals surface area (Å²) in [5, 5.41) is 9.98. The minimum Gasteiger partial charge on any atom is -0.497 e. The smallest absolute Gasteiger partial charge is 0.223 e. The third-order valence-electron chi connectivity index (χ3n) is 4.14. The molecule has 3 atom stereocenters. The molecule has 1 aliphatic heterocycles. The van der Waals surface area contributed by atoms with E-state index in [1.807, 2.05) is 36.1 Å². The van der Waals surface area contributed by atoms with Gasteiger partial charge in [-0.05, 0) is 24.6 Å². The highest BCUT2D eigenvalue weighted by Gasteiger charge is 2.36. The maximum atomic E-state index is 12.2. The summed E-state index contributed by atoms with van der Waals surface area (Å²) in [5.41, 5.74) is 1.06. The number of benzene rings is 1. The highest BCUT2D eigenvalue weighted by atomic mass is 16.5. The molecule has 21 heavy (non-hydrogen) atoms. The molecule has 1 aliphatic rings. The van der Waals surface area contributed by atoms with Crippen LogP contribution in [0.5, 0.6) is 5.75 Å². The molecule has 1 fully saturated rings. The van der Waals surface area contributed by atoms with E-state index in [0.29, 0.717) is 13.0 Å². The largest absolute Gasteiger partial charge is 0.497 e. The van der Waals surface area contributed by atoms with Gasteiger partial charge in [0.1, 0.15) is 5.75 Å². The lowest BCUT2D eigenvalue weighted by atomic mass is 10.0. The van der Waals surface area contributed by atoms with Gasteiger partial charge in [-0.25, -0.2) is 0 Å². The molecule has 2 unspecified atom stereocenters. The number of hydrogen-bond acceptors (Lipinski definition) is 4. The number of hydrogen-bond donors (Lipinski definition) is 1. The van der Waals surface area contributed by atoms with Crippen molar-refractivity contribution in [3.63, 3.8) is 0 Å². The van der Waals surface area contributed by atoms with Gasteiger partial charge in [-0.2, -0.15) is 0 Å². The lowest BCUT2D eigenvalue weighted by molar-refractivity contribution is -0.129. The Labute approximate surface area is 125 Å². The molecular weight excluding hydrogens is 270 g/mol. The molecule has 0 saturated carbocycles. The first kappa shape index (κ1) is 15.8. The fourth-order valence-electron chi connectivity index (χ4n) is 2.76. The molecular formula is C16H23NO4. The summed E-state index contributed by atoms with van der Waals surface area (Å²) in [6.07, 6.45) is -0.211. The highest BCUT2D eigenvalue weighted by Crippen LogP contribution is 2.30. The molecule has 1 aromatic carbocycles. The molecule has 116 valence electrons. The van der Waals surface area contributed by atoms with Crippen LogP contribution in [0.1, 0.15) is 24.9 Å². The molecule has 1 heterocycles. The van der Waals surface area contributed by atoms with Crippen molar-refractivity contribution < 1.29 is 19.4 Å². The Morgan fingerprint density at radius 3 is 2.57 bits per heavy atom. The topological polar surface area (TPSA) is 59.0 Å². The zero-order valence-electron chi connectivity index (χ0n) is 12.8. The van der Waals surface area contributed by atoms with Gasteiger partial charge in [0.2, 0.25) is 5.91 Å². The lowest BCUT2D eigenvalue weighted by Gasteiger charge is -2.26. The van der Waals surface area contributed by atoms with Gasteiger partial charge in [0, 0.05) is 26.0 Å². The first-order chi connectivity index (χ1) is 10.1. The van der Waals surface area contributed by atoms with Crippen LogP contribution < -0.4 is 4.74 Å². The monoisotopic (exact) mass is 293 g/mol. The molecule has 1 amide bonds. The van der Waals surface area contributed by atoms with E-state index in [1.54, 1.807) is 14.2 Å². The van der Waals surface area contributed by atoms with Gasteiger partial charge in [0.15, 0.2) is 0 Å². The summed E-state index contributed by atoms with van der Waals surface area (Å²) in [6.45, 7) is 2.84. The van der Waals surface area contributed by atoms with Crippen molar-refractivity contribution in [1.82, 2.24) is 4.90 Å². The number of aliphatic hydroxyl groups excluding tert-OH is 1. The minimum atomic E-state index is -0.591. The zero-order valence-corrected chi connectivity index (χ0v) is 12.8. The number of amides is 1. The maximum absolute atomic E-state index is 12.2. The maximum Gasteiger partial charge on any atom is 0.223 e. The van der Waals surface area contributed by atoms with Gasteiger partial charge in [-0.3, -0.25) is 4.79 Å². The first-order valence-corrected chi connectivity index (χ1v) is 7.17. The predicted octanol–water partition coefficient (Wildman–Crippen LogP) is 1.61.